The van der Waals surface area contributed by atoms with Gasteiger partial charge in [-0.3, -0.25) is 30.2 Å². The van der Waals surface area contributed by atoms with E-state index in [2.05, 4.69) is 16.1 Å². The average Bonchev–Trinajstić information content (AvgIpc) is 3.18. The van der Waals surface area contributed by atoms with Gasteiger partial charge in [-0.1, -0.05) is 6.07 Å². The van der Waals surface area contributed by atoms with E-state index in [0.717, 1.165) is 32.6 Å². The Morgan fingerprint density at radius 3 is 1.62 bits per heavy atom. The molecule has 0 bridgehead atoms. The van der Waals surface area contributed by atoms with Crippen LogP contribution in [0.15, 0.2) is 58.5 Å². The first kappa shape index (κ1) is 25.6. The predicted octanol–water partition coefficient (Wildman–Crippen LogP) is 7.06. The predicted molar refractivity (Wildman–Crippen MR) is 126 cm³/mol. The van der Waals surface area contributed by atoms with Crippen LogP contribution in [0, 0.1) is 34.1 Å². The first-order chi connectivity index (χ1) is 15.2. The molecule has 0 spiro atoms. The summed E-state index contributed by atoms with van der Waals surface area (Å²) in [6.45, 7) is 4.04. The molecule has 2 aromatic carbocycles. The first-order valence-corrected chi connectivity index (χ1v) is 12.6. The number of non-ortho nitro benzene ring substituents is 2. The van der Waals surface area contributed by atoms with Gasteiger partial charge in [0.05, 0.1) is 27.3 Å². The van der Waals surface area contributed by atoms with Crippen molar-refractivity contribution in [1.82, 2.24) is 0 Å². The maximum atomic E-state index is 11.0. The quantitative estimate of drug-likeness (QED) is 0.146. The second-order valence-corrected chi connectivity index (χ2v) is 9.35. The molecule has 1 heterocycles. The zero-order valence-corrected chi connectivity index (χ0v) is 20.1. The van der Waals surface area contributed by atoms with Crippen LogP contribution >= 0.6 is 31.5 Å². The fraction of sp³-hybridized carbons (Fsp3) is 0.100. The number of benzene rings is 2. The second-order valence-electron chi connectivity index (χ2n) is 6.37. The standard InChI is InChI=1S/C20H16N4O4S.2ClH.Fe/c1-13-5-14(2)7-15(6-13)21-11-19-3-4-20(29-19)12-22-16-8-17(23(25)26)10-18(9-16)24(27)28;;;/h3-12H,1-2H3;2*1H;/q;;;+2/p-2. The van der Waals surface area contributed by atoms with Gasteiger partial charge in [0, 0.05) is 34.3 Å². The Bertz CT molecular complexity index is 1130. The Kier molecular flexibility index (Phi) is 9.95. The zero-order valence-electron chi connectivity index (χ0n) is 16.7. The summed E-state index contributed by atoms with van der Waals surface area (Å²) in [7, 11) is 9.53. The van der Waals surface area contributed by atoms with E-state index < -0.39 is 9.85 Å². The molecule has 12 heteroatoms. The fourth-order valence-electron chi connectivity index (χ4n) is 2.67. The van der Waals surface area contributed by atoms with Crippen molar-refractivity contribution in [1.29, 1.82) is 0 Å². The van der Waals surface area contributed by atoms with Crippen LogP contribution in [0.4, 0.5) is 22.7 Å². The minimum atomic E-state index is -0.682. The van der Waals surface area contributed by atoms with Gasteiger partial charge >= 0.3 is 33.3 Å². The van der Waals surface area contributed by atoms with Crippen LogP contribution in [-0.2, 0) is 13.1 Å². The van der Waals surface area contributed by atoms with Gasteiger partial charge in [0.2, 0.25) is 0 Å². The monoisotopic (exact) mass is 534 g/mol. The summed E-state index contributed by atoms with van der Waals surface area (Å²) < 4.78 is 0. The zero-order chi connectivity index (χ0) is 23.7. The molecule has 0 saturated heterocycles. The number of nitrogens with zero attached hydrogens (tertiary/aromatic N) is 4. The van der Waals surface area contributed by atoms with Gasteiger partial charge in [-0.2, -0.15) is 0 Å². The van der Waals surface area contributed by atoms with Crippen molar-refractivity contribution in [3.8, 4) is 0 Å². The number of hydrogen-bond donors (Lipinski definition) is 0. The summed E-state index contributed by atoms with van der Waals surface area (Å²) >= 11 is 1.63. The van der Waals surface area contributed by atoms with Crippen molar-refractivity contribution < 1.29 is 23.0 Å². The van der Waals surface area contributed by atoms with Crippen molar-refractivity contribution >= 4 is 66.7 Å². The van der Waals surface area contributed by atoms with Crippen LogP contribution in [0.1, 0.15) is 20.9 Å². The summed E-state index contributed by atoms with van der Waals surface area (Å²) in [5.74, 6) is 0. The van der Waals surface area contributed by atoms with E-state index in [1.54, 1.807) is 6.21 Å². The van der Waals surface area contributed by atoms with Gasteiger partial charge in [-0.05, 0) is 49.2 Å². The number of aliphatic imine (C=N–C) groups is 2. The molecule has 0 aliphatic carbocycles. The Morgan fingerprint density at radius 2 is 1.22 bits per heavy atom. The summed E-state index contributed by atoms with van der Waals surface area (Å²) in [6, 6.07) is 13.1. The van der Waals surface area contributed by atoms with Crippen LogP contribution in [-0.4, -0.2) is 22.3 Å². The van der Waals surface area contributed by atoms with Crippen molar-refractivity contribution in [2.45, 2.75) is 13.8 Å². The van der Waals surface area contributed by atoms with Crippen molar-refractivity contribution in [2.24, 2.45) is 9.98 Å². The molecule has 0 amide bonds. The molecule has 32 heavy (non-hydrogen) atoms. The Labute approximate surface area is 202 Å². The molecule has 0 aliphatic rings. The summed E-state index contributed by atoms with van der Waals surface area (Å²) in [5, 5.41) is 21.9. The third-order valence-corrected chi connectivity index (χ3v) is 4.80. The molecule has 0 radical (unpaired) electrons. The van der Waals surface area contributed by atoms with Gasteiger partial charge in [0.15, 0.2) is 0 Å². The molecule has 3 aromatic rings. The van der Waals surface area contributed by atoms with E-state index in [4.69, 9.17) is 20.2 Å². The molecule has 3 rings (SSSR count). The fourth-order valence-corrected chi connectivity index (χ4v) is 3.43. The number of halogens is 2. The van der Waals surface area contributed by atoms with Crippen LogP contribution in [0.25, 0.3) is 0 Å². The molecule has 8 nitrogen and oxygen atoms in total. The number of nitro benzene ring substituents is 2. The number of rotatable bonds is 6. The van der Waals surface area contributed by atoms with Crippen molar-refractivity contribution in [2.75, 3.05) is 0 Å². The van der Waals surface area contributed by atoms with E-state index in [1.165, 1.54) is 29.7 Å². The van der Waals surface area contributed by atoms with Gasteiger partial charge in [-0.25, -0.2) is 0 Å². The Balaban J connectivity index is 0.00000114. The summed E-state index contributed by atoms with van der Waals surface area (Å²) in [4.78, 5) is 30.9. The van der Waals surface area contributed by atoms with Gasteiger partial charge in [-0.15, -0.1) is 11.3 Å². The molecule has 0 fully saturated rings. The molecule has 168 valence electrons. The van der Waals surface area contributed by atoms with E-state index in [-0.39, 0.29) is 30.2 Å². The molecule has 0 unspecified atom stereocenters. The molecule has 1 aromatic heterocycles. The molecular formula is C20H16Cl2FeN4O4S. The molecular weight excluding hydrogens is 519 g/mol. The van der Waals surface area contributed by atoms with E-state index in [0.29, 0.717) is 0 Å². The average molecular weight is 535 g/mol. The topological polar surface area (TPSA) is 111 Å². The van der Waals surface area contributed by atoms with Crippen LogP contribution in [0.5, 0.6) is 0 Å². The number of thiophene rings is 1. The van der Waals surface area contributed by atoms with E-state index >= 15 is 0 Å². The third-order valence-electron chi connectivity index (χ3n) is 3.84. The molecule has 0 atom stereocenters. The summed E-state index contributed by atoms with van der Waals surface area (Å²) in [6.07, 6.45) is 3.27. The molecule has 0 aliphatic heterocycles. The van der Waals surface area contributed by atoms with Gasteiger partial charge < -0.3 is 0 Å². The number of nitro groups is 2. The maximum absolute atomic E-state index is 11.0. The van der Waals surface area contributed by atoms with Gasteiger partial charge in [0.25, 0.3) is 11.4 Å². The van der Waals surface area contributed by atoms with Crippen LogP contribution in [0.3, 0.4) is 0 Å². The molecule has 0 N–H and O–H groups in total. The minimum absolute atomic E-state index is 0.143. The second kappa shape index (κ2) is 12.4. The summed E-state index contributed by atoms with van der Waals surface area (Å²) in [5.41, 5.74) is 2.54. The Hall–Kier alpha value is -2.62. The normalized spacial score (nSPS) is 11.0. The Morgan fingerprint density at radius 1 is 0.812 bits per heavy atom. The number of aryl methyl sites for hydroxylation is 2. The van der Waals surface area contributed by atoms with E-state index in [9.17, 15) is 20.2 Å². The number of hydrogen-bond acceptors (Lipinski definition) is 7. The van der Waals surface area contributed by atoms with E-state index in [1.807, 2.05) is 38.1 Å². The SMILES string of the molecule is Cc1cc(C)cc(N=Cc2ccc(C=Nc3cc([N+](=O)[O-])cc([N+](=O)[O-])c3)s2)c1.[Cl][Fe][Cl]. The van der Waals surface area contributed by atoms with Crippen molar-refractivity contribution in [3.05, 3.63) is 89.6 Å². The van der Waals surface area contributed by atoms with Crippen LogP contribution < -0.4 is 0 Å². The van der Waals surface area contributed by atoms with Gasteiger partial charge in [0.1, 0.15) is 0 Å². The van der Waals surface area contributed by atoms with Crippen molar-refractivity contribution in [3.63, 3.8) is 0 Å². The molecule has 0 saturated carbocycles. The van der Waals surface area contributed by atoms with Crippen LogP contribution in [0.2, 0.25) is 0 Å². The first-order valence-electron chi connectivity index (χ1n) is 8.77. The third kappa shape index (κ3) is 8.14.